The fourth-order valence-electron chi connectivity index (χ4n) is 2.81. The minimum absolute atomic E-state index is 0.346. The number of aryl methyl sites for hydroxylation is 1. The number of carbonyl (C=O) groups excluding carboxylic acids is 3. The van der Waals surface area contributed by atoms with Crippen LogP contribution >= 0.6 is 0 Å². The molecule has 30 heavy (non-hydrogen) atoms. The van der Waals surface area contributed by atoms with Gasteiger partial charge in [0.25, 0.3) is 5.91 Å². The van der Waals surface area contributed by atoms with Crippen molar-refractivity contribution in [3.63, 3.8) is 0 Å². The summed E-state index contributed by atoms with van der Waals surface area (Å²) in [6, 6.07) is 21.2. The number of amides is 1. The van der Waals surface area contributed by atoms with E-state index < -0.39 is 11.9 Å². The number of benzene rings is 3. The Morgan fingerprint density at radius 2 is 1.50 bits per heavy atom. The standard InChI is InChI=1S/C24H21NO5/c1-16-4-3-5-21(14-16)25-23(27)15-29-24(28)20-8-6-18(7-9-20)19-10-12-22(13-11-19)30-17(2)26/h3-14H,15H2,1-2H3,(H,25,27). The van der Waals surface area contributed by atoms with Crippen LogP contribution in [0.5, 0.6) is 5.75 Å². The molecule has 0 saturated carbocycles. The van der Waals surface area contributed by atoms with Gasteiger partial charge in [-0.3, -0.25) is 9.59 Å². The highest BCUT2D eigenvalue weighted by molar-refractivity contribution is 5.95. The van der Waals surface area contributed by atoms with E-state index in [2.05, 4.69) is 5.32 Å². The summed E-state index contributed by atoms with van der Waals surface area (Å²) in [5.74, 6) is -0.891. The van der Waals surface area contributed by atoms with Crippen LogP contribution in [-0.4, -0.2) is 24.5 Å². The van der Waals surface area contributed by atoms with Crippen LogP contribution in [0, 0.1) is 6.92 Å². The lowest BCUT2D eigenvalue weighted by atomic mass is 10.0. The minimum atomic E-state index is -0.578. The molecule has 1 N–H and O–H groups in total. The first-order valence-corrected chi connectivity index (χ1v) is 9.33. The Kier molecular flexibility index (Phi) is 6.60. The summed E-state index contributed by atoms with van der Waals surface area (Å²) in [6.45, 7) is 2.90. The second kappa shape index (κ2) is 9.52. The molecule has 6 nitrogen and oxygen atoms in total. The van der Waals surface area contributed by atoms with Crippen LogP contribution in [-0.2, 0) is 14.3 Å². The normalized spacial score (nSPS) is 10.2. The first-order valence-electron chi connectivity index (χ1n) is 9.33. The number of ether oxygens (including phenoxy) is 2. The van der Waals surface area contributed by atoms with Gasteiger partial charge in [-0.2, -0.15) is 0 Å². The van der Waals surface area contributed by atoms with E-state index in [9.17, 15) is 14.4 Å². The molecule has 3 rings (SSSR count). The topological polar surface area (TPSA) is 81.7 Å². The number of nitrogens with one attached hydrogen (secondary N) is 1. The van der Waals surface area contributed by atoms with Gasteiger partial charge in [-0.1, -0.05) is 36.4 Å². The van der Waals surface area contributed by atoms with Crippen LogP contribution in [0.15, 0.2) is 72.8 Å². The first kappa shape index (κ1) is 20.8. The van der Waals surface area contributed by atoms with Gasteiger partial charge in [0.1, 0.15) is 5.75 Å². The molecule has 152 valence electrons. The van der Waals surface area contributed by atoms with Crippen molar-refractivity contribution in [2.45, 2.75) is 13.8 Å². The van der Waals surface area contributed by atoms with Crippen LogP contribution in [0.4, 0.5) is 5.69 Å². The Morgan fingerprint density at radius 3 is 2.10 bits per heavy atom. The van der Waals surface area contributed by atoms with Crippen molar-refractivity contribution >= 4 is 23.5 Å². The van der Waals surface area contributed by atoms with Crippen LogP contribution in [0.1, 0.15) is 22.8 Å². The third-order valence-electron chi connectivity index (χ3n) is 4.21. The van der Waals surface area contributed by atoms with Crippen molar-refractivity contribution in [3.8, 4) is 16.9 Å². The predicted octanol–water partition coefficient (Wildman–Crippen LogP) is 4.38. The summed E-state index contributed by atoms with van der Waals surface area (Å²) in [5, 5.41) is 2.69. The maximum absolute atomic E-state index is 12.2. The SMILES string of the molecule is CC(=O)Oc1ccc(-c2ccc(C(=O)OCC(=O)Nc3cccc(C)c3)cc2)cc1. The van der Waals surface area contributed by atoms with Gasteiger partial charge in [0, 0.05) is 12.6 Å². The van der Waals surface area contributed by atoms with Gasteiger partial charge in [-0.25, -0.2) is 4.79 Å². The molecule has 0 atom stereocenters. The monoisotopic (exact) mass is 403 g/mol. The van der Waals surface area contributed by atoms with Gasteiger partial charge < -0.3 is 14.8 Å². The van der Waals surface area contributed by atoms with E-state index in [1.54, 1.807) is 42.5 Å². The Labute approximate surface area is 174 Å². The number of hydrogen-bond donors (Lipinski definition) is 1. The number of esters is 2. The molecular weight excluding hydrogens is 382 g/mol. The lowest BCUT2D eigenvalue weighted by Crippen LogP contribution is -2.20. The van der Waals surface area contributed by atoms with E-state index in [0.29, 0.717) is 17.0 Å². The van der Waals surface area contributed by atoms with Crippen molar-refractivity contribution in [3.05, 3.63) is 83.9 Å². The van der Waals surface area contributed by atoms with E-state index in [4.69, 9.17) is 9.47 Å². The molecule has 0 aliphatic rings. The number of carbonyl (C=O) groups is 3. The van der Waals surface area contributed by atoms with Crippen LogP contribution in [0.25, 0.3) is 11.1 Å². The summed E-state index contributed by atoms with van der Waals surface area (Å²) in [6.07, 6.45) is 0. The van der Waals surface area contributed by atoms with Crippen LogP contribution in [0.2, 0.25) is 0 Å². The Morgan fingerprint density at radius 1 is 0.867 bits per heavy atom. The fraction of sp³-hybridized carbons (Fsp3) is 0.125. The van der Waals surface area contributed by atoms with Crippen molar-refractivity contribution < 1.29 is 23.9 Å². The molecule has 0 radical (unpaired) electrons. The highest BCUT2D eigenvalue weighted by Crippen LogP contribution is 2.23. The molecule has 0 bridgehead atoms. The second-order valence-electron chi connectivity index (χ2n) is 6.69. The molecule has 0 aliphatic carbocycles. The van der Waals surface area contributed by atoms with Crippen molar-refractivity contribution in [1.82, 2.24) is 0 Å². The van der Waals surface area contributed by atoms with Gasteiger partial charge in [0.05, 0.1) is 5.56 Å². The van der Waals surface area contributed by atoms with Crippen LogP contribution in [0.3, 0.4) is 0 Å². The summed E-state index contributed by atoms with van der Waals surface area (Å²) >= 11 is 0. The van der Waals surface area contributed by atoms with Gasteiger partial charge in [-0.05, 0) is 60.0 Å². The highest BCUT2D eigenvalue weighted by atomic mass is 16.5. The minimum Gasteiger partial charge on any atom is -0.452 e. The number of rotatable bonds is 6. The summed E-state index contributed by atoms with van der Waals surface area (Å²) in [5.41, 5.74) is 3.81. The van der Waals surface area contributed by atoms with Gasteiger partial charge in [0.15, 0.2) is 6.61 Å². The smallest absolute Gasteiger partial charge is 0.338 e. The predicted molar refractivity (Wildman–Crippen MR) is 113 cm³/mol. The molecule has 3 aromatic rings. The third kappa shape index (κ3) is 5.78. The molecule has 6 heteroatoms. The molecule has 0 saturated heterocycles. The fourth-order valence-corrected chi connectivity index (χ4v) is 2.81. The quantitative estimate of drug-likeness (QED) is 0.488. The maximum Gasteiger partial charge on any atom is 0.338 e. The lowest BCUT2D eigenvalue weighted by molar-refractivity contribution is -0.131. The Bertz CT molecular complexity index is 1060. The molecule has 0 aromatic heterocycles. The Balaban J connectivity index is 1.55. The average Bonchev–Trinajstić information content (AvgIpc) is 2.72. The van der Waals surface area contributed by atoms with E-state index >= 15 is 0 Å². The molecule has 0 heterocycles. The molecule has 0 fully saturated rings. The zero-order chi connectivity index (χ0) is 21.5. The average molecular weight is 403 g/mol. The third-order valence-corrected chi connectivity index (χ3v) is 4.21. The second-order valence-corrected chi connectivity index (χ2v) is 6.69. The molecule has 0 spiro atoms. The van der Waals surface area contributed by atoms with Gasteiger partial charge in [0.2, 0.25) is 0 Å². The number of hydrogen-bond acceptors (Lipinski definition) is 5. The van der Waals surface area contributed by atoms with Crippen molar-refractivity contribution in [2.24, 2.45) is 0 Å². The zero-order valence-corrected chi connectivity index (χ0v) is 16.7. The molecule has 1 amide bonds. The zero-order valence-electron chi connectivity index (χ0n) is 16.7. The van der Waals surface area contributed by atoms with Gasteiger partial charge >= 0.3 is 11.9 Å². The largest absolute Gasteiger partial charge is 0.452 e. The Hall–Kier alpha value is -3.93. The first-order chi connectivity index (χ1) is 14.4. The summed E-state index contributed by atoms with van der Waals surface area (Å²) in [7, 11) is 0. The van der Waals surface area contributed by atoms with E-state index in [1.165, 1.54) is 6.92 Å². The lowest BCUT2D eigenvalue weighted by Gasteiger charge is -2.08. The maximum atomic E-state index is 12.2. The summed E-state index contributed by atoms with van der Waals surface area (Å²) in [4.78, 5) is 35.2. The van der Waals surface area contributed by atoms with E-state index in [1.807, 2.05) is 37.3 Å². The van der Waals surface area contributed by atoms with E-state index in [0.717, 1.165) is 16.7 Å². The molecular formula is C24H21NO5. The van der Waals surface area contributed by atoms with Crippen molar-refractivity contribution in [2.75, 3.05) is 11.9 Å². The van der Waals surface area contributed by atoms with Crippen molar-refractivity contribution in [1.29, 1.82) is 0 Å². The molecule has 3 aromatic carbocycles. The molecule has 0 aliphatic heterocycles. The van der Waals surface area contributed by atoms with E-state index in [-0.39, 0.29) is 12.6 Å². The van der Waals surface area contributed by atoms with Gasteiger partial charge in [-0.15, -0.1) is 0 Å². The molecule has 0 unspecified atom stereocenters. The highest BCUT2D eigenvalue weighted by Gasteiger charge is 2.11. The summed E-state index contributed by atoms with van der Waals surface area (Å²) < 4.78 is 10.1. The number of anilines is 1. The van der Waals surface area contributed by atoms with Crippen LogP contribution < -0.4 is 10.1 Å².